The second-order valence-electron chi connectivity index (χ2n) is 9.35. The topological polar surface area (TPSA) is 163 Å². The van der Waals surface area contributed by atoms with Gasteiger partial charge in [0.1, 0.15) is 5.82 Å². The minimum atomic E-state index is -3.67. The number of benzene rings is 2. The van der Waals surface area contributed by atoms with Crippen molar-refractivity contribution in [2.24, 2.45) is 5.73 Å². The van der Waals surface area contributed by atoms with E-state index < -0.39 is 34.4 Å². The van der Waals surface area contributed by atoms with Crippen molar-refractivity contribution in [3.63, 3.8) is 0 Å². The molecule has 2 amide bonds. The Bertz CT molecular complexity index is 1480. The molecule has 0 saturated carbocycles. The van der Waals surface area contributed by atoms with E-state index in [9.17, 15) is 22.8 Å². The van der Waals surface area contributed by atoms with Gasteiger partial charge in [-0.15, -0.1) is 0 Å². The zero-order valence-electron chi connectivity index (χ0n) is 22.3. The fourth-order valence-electron chi connectivity index (χ4n) is 4.36. The number of nitrogens with one attached hydrogen (secondary N) is 1. The van der Waals surface area contributed by atoms with Gasteiger partial charge in [-0.1, -0.05) is 13.3 Å². The molecule has 13 heteroatoms. The molecule has 0 spiro atoms. The van der Waals surface area contributed by atoms with Crippen LogP contribution in [-0.4, -0.2) is 73.0 Å². The van der Waals surface area contributed by atoms with E-state index >= 15 is 0 Å². The van der Waals surface area contributed by atoms with Gasteiger partial charge in [-0.25, -0.2) is 13.4 Å². The van der Waals surface area contributed by atoms with E-state index in [2.05, 4.69) is 17.2 Å². The molecule has 4 rings (SSSR count). The molecule has 0 atom stereocenters. The molecule has 2 heterocycles. The van der Waals surface area contributed by atoms with E-state index in [0.29, 0.717) is 55.4 Å². The normalized spacial score (nSPS) is 14.2. The predicted molar refractivity (Wildman–Crippen MR) is 147 cm³/mol. The van der Waals surface area contributed by atoms with Gasteiger partial charge in [0.2, 0.25) is 15.9 Å². The Labute approximate surface area is 232 Å². The Kier molecular flexibility index (Phi) is 9.50. The average Bonchev–Trinajstić information content (AvgIpc) is 3.31. The van der Waals surface area contributed by atoms with Crippen LogP contribution in [0, 0.1) is 0 Å². The monoisotopic (exact) mass is 571 g/mol. The smallest absolute Gasteiger partial charge is 0.306 e. The minimum absolute atomic E-state index is 0.00499. The standard InChI is InChI=1S/C27H33N5O7S/c1-2-3-12-32-23-9-8-21(40(36,37)31-13-15-38-16-14-31)17-22(23)30-24(32)10-11-26(34)39-18-25(33)29-20-6-4-19(5-7-20)27(28)35/h4-9,17H,2-3,10-16,18H2,1H3,(H2,28,35)(H,29,33). The number of primary amides is 1. The van der Waals surface area contributed by atoms with Gasteiger partial charge in [0.15, 0.2) is 6.61 Å². The first-order valence-electron chi connectivity index (χ1n) is 13.1. The Balaban J connectivity index is 1.39. The van der Waals surface area contributed by atoms with Gasteiger partial charge in [0.05, 0.1) is 35.6 Å². The number of unbranched alkanes of at least 4 members (excludes halogenated alkanes) is 1. The Morgan fingerprint density at radius 1 is 1.10 bits per heavy atom. The summed E-state index contributed by atoms with van der Waals surface area (Å²) in [6, 6.07) is 10.9. The van der Waals surface area contributed by atoms with Crippen LogP contribution in [0.15, 0.2) is 47.4 Å². The number of imidazole rings is 1. The predicted octanol–water partition coefficient (Wildman–Crippen LogP) is 2.07. The fraction of sp³-hybridized carbons (Fsp3) is 0.407. The van der Waals surface area contributed by atoms with Crippen LogP contribution in [0.1, 0.15) is 42.4 Å². The molecule has 3 aromatic rings. The number of aromatic nitrogens is 2. The molecule has 1 aromatic heterocycles. The number of carbonyl (C=O) groups is 3. The molecule has 0 aliphatic carbocycles. The highest BCUT2D eigenvalue weighted by molar-refractivity contribution is 7.89. The lowest BCUT2D eigenvalue weighted by molar-refractivity contribution is -0.147. The summed E-state index contributed by atoms with van der Waals surface area (Å²) in [6.45, 7) is 3.60. The van der Waals surface area contributed by atoms with E-state index in [-0.39, 0.29) is 17.7 Å². The quantitative estimate of drug-likeness (QED) is 0.312. The summed E-state index contributed by atoms with van der Waals surface area (Å²) in [5.41, 5.74) is 7.28. The molecule has 0 unspecified atom stereocenters. The van der Waals surface area contributed by atoms with Gasteiger partial charge in [-0.2, -0.15) is 4.31 Å². The number of amides is 2. The lowest BCUT2D eigenvalue weighted by atomic mass is 10.2. The highest BCUT2D eigenvalue weighted by Crippen LogP contribution is 2.25. The molecule has 1 aliphatic rings. The van der Waals surface area contributed by atoms with Crippen LogP contribution in [0.5, 0.6) is 0 Å². The summed E-state index contributed by atoms with van der Waals surface area (Å²) in [4.78, 5) is 40.6. The lowest BCUT2D eigenvalue weighted by Crippen LogP contribution is -2.40. The maximum Gasteiger partial charge on any atom is 0.306 e. The molecular formula is C27H33N5O7S. The van der Waals surface area contributed by atoms with Crippen molar-refractivity contribution in [3.05, 3.63) is 53.9 Å². The molecular weight excluding hydrogens is 538 g/mol. The first kappa shape index (κ1) is 29.2. The summed E-state index contributed by atoms with van der Waals surface area (Å²) in [5, 5.41) is 2.58. The SMILES string of the molecule is CCCCn1c(CCC(=O)OCC(=O)Nc2ccc(C(N)=O)cc2)nc2cc(S(=O)(=O)N3CCOCC3)ccc21. The highest BCUT2D eigenvalue weighted by atomic mass is 32.2. The maximum absolute atomic E-state index is 13.1. The fourth-order valence-corrected chi connectivity index (χ4v) is 5.79. The van der Waals surface area contributed by atoms with E-state index in [0.717, 1.165) is 18.4 Å². The van der Waals surface area contributed by atoms with Gasteiger partial charge in [-0.05, 0) is 48.9 Å². The molecule has 0 bridgehead atoms. The van der Waals surface area contributed by atoms with E-state index in [4.69, 9.17) is 15.2 Å². The van der Waals surface area contributed by atoms with Gasteiger partial charge < -0.3 is 25.1 Å². The van der Waals surface area contributed by atoms with Gasteiger partial charge in [0, 0.05) is 37.3 Å². The van der Waals surface area contributed by atoms with Crippen molar-refractivity contribution in [1.82, 2.24) is 13.9 Å². The number of fused-ring (bicyclic) bond motifs is 1. The maximum atomic E-state index is 13.1. The number of nitrogens with zero attached hydrogens (tertiary/aromatic N) is 3. The number of anilines is 1. The summed E-state index contributed by atoms with van der Waals surface area (Å²) >= 11 is 0. The second-order valence-corrected chi connectivity index (χ2v) is 11.3. The first-order chi connectivity index (χ1) is 19.2. The molecule has 1 saturated heterocycles. The zero-order valence-corrected chi connectivity index (χ0v) is 23.1. The van der Waals surface area contributed by atoms with Crippen molar-refractivity contribution in [1.29, 1.82) is 0 Å². The van der Waals surface area contributed by atoms with Crippen LogP contribution < -0.4 is 11.1 Å². The van der Waals surface area contributed by atoms with Gasteiger partial charge in [0.25, 0.3) is 5.91 Å². The molecule has 40 heavy (non-hydrogen) atoms. The minimum Gasteiger partial charge on any atom is -0.456 e. The van der Waals surface area contributed by atoms with Crippen molar-refractivity contribution in [2.75, 3.05) is 38.2 Å². The van der Waals surface area contributed by atoms with E-state index in [1.165, 1.54) is 28.6 Å². The number of carbonyl (C=O) groups excluding carboxylic acids is 3. The van der Waals surface area contributed by atoms with Crippen molar-refractivity contribution in [2.45, 2.75) is 44.0 Å². The number of hydrogen-bond acceptors (Lipinski definition) is 8. The number of rotatable bonds is 12. The molecule has 12 nitrogen and oxygen atoms in total. The number of nitrogens with two attached hydrogens (primary N) is 1. The largest absolute Gasteiger partial charge is 0.456 e. The Morgan fingerprint density at radius 2 is 1.82 bits per heavy atom. The molecule has 2 aromatic carbocycles. The number of aryl methyl sites for hydroxylation is 2. The summed E-state index contributed by atoms with van der Waals surface area (Å²) < 4.78 is 40.1. The summed E-state index contributed by atoms with van der Waals surface area (Å²) in [5.74, 6) is -1.03. The van der Waals surface area contributed by atoms with Crippen molar-refractivity contribution >= 4 is 44.5 Å². The highest BCUT2D eigenvalue weighted by Gasteiger charge is 2.27. The van der Waals surface area contributed by atoms with E-state index in [1.54, 1.807) is 18.2 Å². The molecule has 1 fully saturated rings. The second kappa shape index (κ2) is 13.0. The van der Waals surface area contributed by atoms with Crippen LogP contribution in [0.4, 0.5) is 5.69 Å². The van der Waals surface area contributed by atoms with Crippen LogP contribution in [0.25, 0.3) is 11.0 Å². The number of sulfonamides is 1. The molecule has 1 aliphatic heterocycles. The van der Waals surface area contributed by atoms with Gasteiger partial charge in [-0.3, -0.25) is 14.4 Å². The number of ether oxygens (including phenoxy) is 2. The number of hydrogen-bond donors (Lipinski definition) is 2. The third-order valence-electron chi connectivity index (χ3n) is 6.51. The van der Waals surface area contributed by atoms with Gasteiger partial charge >= 0.3 is 5.97 Å². The van der Waals surface area contributed by atoms with Crippen LogP contribution >= 0.6 is 0 Å². The van der Waals surface area contributed by atoms with Crippen LogP contribution in [0.3, 0.4) is 0 Å². The van der Waals surface area contributed by atoms with Crippen LogP contribution in [-0.2, 0) is 42.1 Å². The molecule has 3 N–H and O–H groups in total. The first-order valence-corrected chi connectivity index (χ1v) is 14.6. The summed E-state index contributed by atoms with van der Waals surface area (Å²) in [6.07, 6.45) is 2.09. The average molecular weight is 572 g/mol. The zero-order chi connectivity index (χ0) is 28.7. The number of morpholine rings is 1. The molecule has 214 valence electrons. The molecule has 0 radical (unpaired) electrons. The third kappa shape index (κ3) is 7.03. The third-order valence-corrected chi connectivity index (χ3v) is 8.41. The number of esters is 1. The lowest BCUT2D eigenvalue weighted by Gasteiger charge is -2.26. The van der Waals surface area contributed by atoms with Crippen LogP contribution in [0.2, 0.25) is 0 Å². The Morgan fingerprint density at radius 3 is 2.50 bits per heavy atom. The Hall–Kier alpha value is -3.81. The van der Waals surface area contributed by atoms with Crippen molar-refractivity contribution in [3.8, 4) is 0 Å². The van der Waals surface area contributed by atoms with E-state index in [1.807, 2.05) is 4.57 Å². The van der Waals surface area contributed by atoms with Crippen molar-refractivity contribution < 1.29 is 32.3 Å². The summed E-state index contributed by atoms with van der Waals surface area (Å²) in [7, 11) is -3.67.